The molecule has 1 rings (SSSR count). The summed E-state index contributed by atoms with van der Waals surface area (Å²) in [6.07, 6.45) is 0.343. The number of amides is 2. The zero-order chi connectivity index (χ0) is 14.6. The summed E-state index contributed by atoms with van der Waals surface area (Å²) in [6, 6.07) is -0.265. The Morgan fingerprint density at radius 2 is 2.11 bits per heavy atom. The minimum atomic E-state index is -1.00. The van der Waals surface area contributed by atoms with Crippen LogP contribution in [0.2, 0.25) is 0 Å². The van der Waals surface area contributed by atoms with Gasteiger partial charge in [0.2, 0.25) is 11.8 Å². The number of nitrogens with zero attached hydrogens (tertiary/aromatic N) is 1. The molecule has 108 valence electrons. The fourth-order valence-electron chi connectivity index (χ4n) is 2.29. The zero-order valence-corrected chi connectivity index (χ0v) is 11.3. The van der Waals surface area contributed by atoms with E-state index in [4.69, 9.17) is 10.8 Å². The second kappa shape index (κ2) is 6.51. The predicted octanol–water partition coefficient (Wildman–Crippen LogP) is -0.981. The number of nitrogens with two attached hydrogens (primary N) is 1. The molecule has 0 aromatic rings. The van der Waals surface area contributed by atoms with Crippen molar-refractivity contribution in [2.75, 3.05) is 20.1 Å². The van der Waals surface area contributed by atoms with Crippen LogP contribution in [0.1, 0.15) is 19.8 Å². The Morgan fingerprint density at radius 3 is 2.63 bits per heavy atom. The normalized spacial score (nSPS) is 24.7. The van der Waals surface area contributed by atoms with Crippen molar-refractivity contribution in [1.82, 2.24) is 10.2 Å². The summed E-state index contributed by atoms with van der Waals surface area (Å²) >= 11 is 0. The fourth-order valence-corrected chi connectivity index (χ4v) is 2.29. The van der Waals surface area contributed by atoms with Crippen LogP contribution >= 0.6 is 0 Å². The number of nitrogens with one attached hydrogen (secondary N) is 1. The van der Waals surface area contributed by atoms with Crippen LogP contribution in [-0.4, -0.2) is 54.0 Å². The summed E-state index contributed by atoms with van der Waals surface area (Å²) in [5.41, 5.74) is 5.88. The van der Waals surface area contributed by atoms with Crippen molar-refractivity contribution >= 4 is 17.8 Å². The van der Waals surface area contributed by atoms with Gasteiger partial charge in [-0.15, -0.1) is 0 Å². The maximum Gasteiger partial charge on any atom is 0.304 e. The molecule has 7 heteroatoms. The van der Waals surface area contributed by atoms with Gasteiger partial charge < -0.3 is 21.1 Å². The van der Waals surface area contributed by atoms with E-state index >= 15 is 0 Å². The van der Waals surface area contributed by atoms with Gasteiger partial charge in [0.25, 0.3) is 0 Å². The van der Waals surface area contributed by atoms with Crippen LogP contribution in [0.4, 0.5) is 0 Å². The monoisotopic (exact) mass is 271 g/mol. The number of carbonyl (C=O) groups excluding carboxylic acids is 2. The van der Waals surface area contributed by atoms with Crippen molar-refractivity contribution in [2.45, 2.75) is 25.8 Å². The number of aliphatic carboxylic acids is 1. The summed E-state index contributed by atoms with van der Waals surface area (Å²) in [7, 11) is 1.53. The van der Waals surface area contributed by atoms with Gasteiger partial charge in [0.05, 0.1) is 12.3 Å². The molecule has 3 atom stereocenters. The molecule has 4 N–H and O–H groups in total. The Bertz CT molecular complexity index is 372. The van der Waals surface area contributed by atoms with Gasteiger partial charge in [-0.3, -0.25) is 14.4 Å². The quantitative estimate of drug-likeness (QED) is 0.608. The molecular formula is C12H21N3O4. The molecule has 0 radical (unpaired) electrons. The van der Waals surface area contributed by atoms with E-state index in [-0.39, 0.29) is 30.8 Å². The smallest absolute Gasteiger partial charge is 0.304 e. The van der Waals surface area contributed by atoms with Gasteiger partial charge in [-0.2, -0.15) is 0 Å². The largest absolute Gasteiger partial charge is 0.481 e. The van der Waals surface area contributed by atoms with Crippen molar-refractivity contribution in [3.63, 3.8) is 0 Å². The number of hydrogen-bond acceptors (Lipinski definition) is 4. The van der Waals surface area contributed by atoms with E-state index in [2.05, 4.69) is 5.32 Å². The molecular weight excluding hydrogens is 250 g/mol. The first-order valence-electron chi connectivity index (χ1n) is 6.34. The molecule has 1 heterocycles. The first-order valence-corrected chi connectivity index (χ1v) is 6.34. The van der Waals surface area contributed by atoms with Gasteiger partial charge in [-0.25, -0.2) is 0 Å². The first-order chi connectivity index (χ1) is 8.86. The Morgan fingerprint density at radius 1 is 1.47 bits per heavy atom. The summed E-state index contributed by atoms with van der Waals surface area (Å²) in [6.45, 7) is 2.31. The highest BCUT2D eigenvalue weighted by atomic mass is 16.4. The maximum atomic E-state index is 12.1. The third kappa shape index (κ3) is 3.92. The van der Waals surface area contributed by atoms with E-state index < -0.39 is 17.8 Å². The summed E-state index contributed by atoms with van der Waals surface area (Å²) in [5, 5.41) is 11.2. The van der Waals surface area contributed by atoms with E-state index in [9.17, 15) is 14.4 Å². The van der Waals surface area contributed by atoms with Gasteiger partial charge in [-0.1, -0.05) is 6.92 Å². The highest BCUT2D eigenvalue weighted by Crippen LogP contribution is 2.19. The summed E-state index contributed by atoms with van der Waals surface area (Å²) < 4.78 is 0. The van der Waals surface area contributed by atoms with Crippen LogP contribution in [-0.2, 0) is 14.4 Å². The highest BCUT2D eigenvalue weighted by Gasteiger charge is 2.35. The molecule has 7 nitrogen and oxygen atoms in total. The molecule has 0 aliphatic carbocycles. The topological polar surface area (TPSA) is 113 Å². The van der Waals surface area contributed by atoms with Gasteiger partial charge in [-0.05, 0) is 6.42 Å². The number of rotatable bonds is 4. The lowest BCUT2D eigenvalue weighted by molar-refractivity contribution is -0.146. The van der Waals surface area contributed by atoms with Crippen LogP contribution in [0.15, 0.2) is 0 Å². The van der Waals surface area contributed by atoms with Crippen molar-refractivity contribution < 1.29 is 19.5 Å². The van der Waals surface area contributed by atoms with Crippen LogP contribution < -0.4 is 11.1 Å². The molecule has 1 aliphatic heterocycles. The minimum absolute atomic E-state index is 0.184. The second-order valence-corrected chi connectivity index (χ2v) is 4.96. The Hall–Kier alpha value is -1.63. The average Bonchev–Trinajstić information content (AvgIpc) is 2.36. The second-order valence-electron chi connectivity index (χ2n) is 4.96. The lowest BCUT2D eigenvalue weighted by atomic mass is 9.91. The number of hydrogen-bond donors (Lipinski definition) is 3. The number of carbonyl (C=O) groups is 3. The molecule has 19 heavy (non-hydrogen) atoms. The summed E-state index contributed by atoms with van der Waals surface area (Å²) in [5.74, 6) is -2.44. The van der Waals surface area contributed by atoms with E-state index in [0.29, 0.717) is 13.0 Å². The third-order valence-electron chi connectivity index (χ3n) is 3.46. The lowest BCUT2D eigenvalue weighted by Gasteiger charge is -2.36. The van der Waals surface area contributed by atoms with E-state index in [0.717, 1.165) is 0 Å². The fraction of sp³-hybridized carbons (Fsp3) is 0.750. The van der Waals surface area contributed by atoms with Crippen molar-refractivity contribution in [2.24, 2.45) is 17.6 Å². The van der Waals surface area contributed by atoms with Gasteiger partial charge in [0.1, 0.15) is 0 Å². The highest BCUT2D eigenvalue weighted by molar-refractivity contribution is 5.84. The van der Waals surface area contributed by atoms with Gasteiger partial charge >= 0.3 is 5.97 Å². The molecule has 1 aliphatic rings. The molecule has 1 saturated heterocycles. The van der Waals surface area contributed by atoms with Gasteiger partial charge in [0, 0.05) is 32.1 Å². The average molecular weight is 271 g/mol. The molecule has 1 unspecified atom stereocenters. The van der Waals surface area contributed by atoms with Crippen LogP contribution in [0, 0.1) is 11.8 Å². The Labute approximate surface area is 112 Å². The Kier molecular flexibility index (Phi) is 5.29. The van der Waals surface area contributed by atoms with Crippen LogP contribution in [0.25, 0.3) is 0 Å². The molecule has 1 fully saturated rings. The lowest BCUT2D eigenvalue weighted by Crippen LogP contribution is -2.54. The SMILES string of the molecule is CNC(=O)C1CN(C(=O)[C@@H](C)CC(=O)O)CC[C@H]1N. The van der Waals surface area contributed by atoms with E-state index in [1.54, 1.807) is 6.92 Å². The number of carboxylic acid groups (broad SMARTS) is 1. The number of carboxylic acids is 1. The number of likely N-dealkylation sites (tertiary alicyclic amines) is 1. The van der Waals surface area contributed by atoms with Crippen LogP contribution in [0.5, 0.6) is 0 Å². The molecule has 0 bridgehead atoms. The van der Waals surface area contributed by atoms with Crippen molar-refractivity contribution in [3.05, 3.63) is 0 Å². The predicted molar refractivity (Wildman–Crippen MR) is 68.1 cm³/mol. The maximum absolute atomic E-state index is 12.1. The van der Waals surface area contributed by atoms with Crippen molar-refractivity contribution in [3.8, 4) is 0 Å². The minimum Gasteiger partial charge on any atom is -0.481 e. The third-order valence-corrected chi connectivity index (χ3v) is 3.46. The molecule has 0 aromatic heterocycles. The van der Waals surface area contributed by atoms with E-state index in [1.807, 2.05) is 0 Å². The molecule has 0 spiro atoms. The van der Waals surface area contributed by atoms with Crippen molar-refractivity contribution in [1.29, 1.82) is 0 Å². The standard InChI is InChI=1S/C12H21N3O4/c1-7(5-10(16)17)12(19)15-4-3-9(13)8(6-15)11(18)14-2/h7-9H,3-6,13H2,1-2H3,(H,14,18)(H,16,17)/t7-,8?,9+/m0/s1. The van der Waals surface area contributed by atoms with E-state index in [1.165, 1.54) is 11.9 Å². The summed E-state index contributed by atoms with van der Waals surface area (Å²) in [4.78, 5) is 35.9. The Balaban J connectivity index is 2.67. The molecule has 2 amide bonds. The van der Waals surface area contributed by atoms with Crippen LogP contribution in [0.3, 0.4) is 0 Å². The molecule has 0 saturated carbocycles. The van der Waals surface area contributed by atoms with Gasteiger partial charge in [0.15, 0.2) is 0 Å². The number of piperidine rings is 1. The molecule has 0 aromatic carbocycles. The first kappa shape index (κ1) is 15.4. The zero-order valence-electron chi connectivity index (χ0n) is 11.3.